The van der Waals surface area contributed by atoms with Gasteiger partial charge in [-0.2, -0.15) is 5.26 Å². The van der Waals surface area contributed by atoms with Gasteiger partial charge in [0.15, 0.2) is 5.60 Å². The van der Waals surface area contributed by atoms with Crippen molar-refractivity contribution in [2.24, 2.45) is 17.8 Å². The normalized spacial score (nSPS) is 27.2. The highest BCUT2D eigenvalue weighted by Gasteiger charge is 2.58. The molecule has 2 aromatic rings. The molecule has 5 nitrogen and oxygen atoms in total. The minimum absolute atomic E-state index is 0.0230. The molecule has 32 heavy (non-hydrogen) atoms. The lowest BCUT2D eigenvalue weighted by molar-refractivity contribution is -0.149. The van der Waals surface area contributed by atoms with Crippen LogP contribution in [0.1, 0.15) is 48.8 Å². The Morgan fingerprint density at radius 1 is 1.03 bits per heavy atom. The molecule has 0 bridgehead atoms. The first kappa shape index (κ1) is 21.2. The molecule has 166 valence electrons. The van der Waals surface area contributed by atoms with E-state index < -0.39 is 5.60 Å². The van der Waals surface area contributed by atoms with Gasteiger partial charge in [-0.05, 0) is 47.9 Å². The van der Waals surface area contributed by atoms with Crippen LogP contribution >= 0.6 is 0 Å². The van der Waals surface area contributed by atoms with E-state index in [0.717, 1.165) is 50.9 Å². The number of hydrogen-bond acceptors (Lipinski definition) is 4. The Morgan fingerprint density at radius 3 is 2.31 bits per heavy atom. The van der Waals surface area contributed by atoms with E-state index in [-0.39, 0.29) is 17.9 Å². The molecule has 2 aromatic carbocycles. The van der Waals surface area contributed by atoms with Crippen LogP contribution in [0.25, 0.3) is 0 Å². The SMILES string of the molecule is N#Cc1ccc(CN2CC3C(NC(=O)C(O)(c4ccccc4)C4CCCCC4)[C@H]3C2)cc1. The molecule has 3 unspecified atom stereocenters. The summed E-state index contributed by atoms with van der Waals surface area (Å²) in [6.45, 7) is 2.79. The van der Waals surface area contributed by atoms with Crippen LogP contribution in [0.3, 0.4) is 0 Å². The van der Waals surface area contributed by atoms with Gasteiger partial charge >= 0.3 is 0 Å². The van der Waals surface area contributed by atoms with Crippen molar-refractivity contribution in [3.8, 4) is 6.07 Å². The second-order valence-corrected chi connectivity index (χ2v) is 9.80. The fraction of sp³-hybridized carbons (Fsp3) is 0.481. The molecule has 1 heterocycles. The first-order valence-corrected chi connectivity index (χ1v) is 11.9. The predicted octanol–water partition coefficient (Wildman–Crippen LogP) is 3.57. The molecule has 0 radical (unpaired) electrons. The number of carbonyl (C=O) groups is 1. The summed E-state index contributed by atoms with van der Waals surface area (Å²) in [5.41, 5.74) is 1.17. The molecule has 5 heteroatoms. The van der Waals surface area contributed by atoms with Crippen LogP contribution in [-0.4, -0.2) is 35.0 Å². The minimum Gasteiger partial charge on any atom is -0.375 e. The van der Waals surface area contributed by atoms with Gasteiger partial charge in [-0.15, -0.1) is 0 Å². The van der Waals surface area contributed by atoms with Crippen molar-refractivity contribution >= 4 is 5.91 Å². The topological polar surface area (TPSA) is 76.4 Å². The summed E-state index contributed by atoms with van der Waals surface area (Å²) in [5, 5.41) is 24.0. The van der Waals surface area contributed by atoms with E-state index in [1.165, 1.54) is 12.0 Å². The van der Waals surface area contributed by atoms with E-state index in [1.807, 2.05) is 54.6 Å². The number of nitriles is 1. The lowest BCUT2D eigenvalue weighted by atomic mass is 9.73. The van der Waals surface area contributed by atoms with Crippen molar-refractivity contribution in [3.63, 3.8) is 0 Å². The molecule has 0 spiro atoms. The summed E-state index contributed by atoms with van der Waals surface area (Å²) >= 11 is 0. The molecule has 1 aliphatic heterocycles. The third-order valence-corrected chi connectivity index (χ3v) is 7.81. The van der Waals surface area contributed by atoms with Crippen molar-refractivity contribution in [1.29, 1.82) is 5.26 Å². The average Bonchev–Trinajstić information content (AvgIpc) is 3.28. The summed E-state index contributed by atoms with van der Waals surface area (Å²) < 4.78 is 0. The number of benzene rings is 2. The van der Waals surface area contributed by atoms with Crippen molar-refractivity contribution < 1.29 is 9.90 Å². The maximum absolute atomic E-state index is 13.5. The first-order chi connectivity index (χ1) is 15.6. The Bertz CT molecular complexity index is 982. The molecule has 2 aliphatic carbocycles. The van der Waals surface area contributed by atoms with E-state index in [2.05, 4.69) is 16.3 Å². The maximum Gasteiger partial charge on any atom is 0.257 e. The van der Waals surface area contributed by atoms with Gasteiger partial charge in [0, 0.05) is 31.6 Å². The largest absolute Gasteiger partial charge is 0.375 e. The summed E-state index contributed by atoms with van der Waals surface area (Å²) in [5.74, 6) is 0.686. The third-order valence-electron chi connectivity index (χ3n) is 7.81. The highest BCUT2D eigenvalue weighted by molar-refractivity contribution is 5.87. The Hall–Kier alpha value is -2.68. The number of amides is 1. The number of nitrogens with zero attached hydrogens (tertiary/aromatic N) is 2. The van der Waals surface area contributed by atoms with Gasteiger partial charge in [0.2, 0.25) is 0 Å². The van der Waals surface area contributed by atoms with Gasteiger partial charge in [0.1, 0.15) is 0 Å². The number of fused-ring (bicyclic) bond motifs is 1. The Kier molecular flexibility index (Phi) is 5.75. The Labute approximate surface area is 190 Å². The quantitative estimate of drug-likeness (QED) is 0.736. The van der Waals surface area contributed by atoms with E-state index in [1.54, 1.807) is 0 Å². The van der Waals surface area contributed by atoms with E-state index >= 15 is 0 Å². The monoisotopic (exact) mass is 429 g/mol. The molecule has 3 aliphatic rings. The number of likely N-dealkylation sites (tertiary alicyclic amines) is 1. The van der Waals surface area contributed by atoms with Crippen molar-refractivity contribution in [3.05, 3.63) is 71.3 Å². The zero-order chi connectivity index (χ0) is 22.1. The fourth-order valence-electron chi connectivity index (χ4n) is 5.93. The Balaban J connectivity index is 1.22. The second-order valence-electron chi connectivity index (χ2n) is 9.80. The molecule has 1 saturated heterocycles. The summed E-state index contributed by atoms with van der Waals surface area (Å²) in [6, 6.07) is 19.6. The average molecular weight is 430 g/mol. The lowest BCUT2D eigenvalue weighted by Gasteiger charge is -2.38. The third kappa shape index (κ3) is 3.94. The molecular weight excluding hydrogens is 398 g/mol. The van der Waals surface area contributed by atoms with Crippen LogP contribution in [0.15, 0.2) is 54.6 Å². The van der Waals surface area contributed by atoms with Crippen molar-refractivity contribution in [2.45, 2.75) is 50.3 Å². The fourth-order valence-corrected chi connectivity index (χ4v) is 5.93. The number of aliphatic hydroxyl groups is 1. The number of nitrogens with one attached hydrogen (secondary N) is 1. The van der Waals surface area contributed by atoms with Crippen LogP contribution in [0, 0.1) is 29.1 Å². The molecular formula is C27H31N3O2. The van der Waals surface area contributed by atoms with Gasteiger partial charge in [-0.25, -0.2) is 0 Å². The molecule has 5 rings (SSSR count). The summed E-state index contributed by atoms with van der Waals surface area (Å²) in [4.78, 5) is 15.9. The van der Waals surface area contributed by atoms with Crippen LogP contribution in [0.2, 0.25) is 0 Å². The number of hydrogen-bond donors (Lipinski definition) is 2. The molecule has 3 fully saturated rings. The zero-order valence-corrected chi connectivity index (χ0v) is 18.4. The first-order valence-electron chi connectivity index (χ1n) is 11.9. The molecule has 2 saturated carbocycles. The predicted molar refractivity (Wildman–Crippen MR) is 122 cm³/mol. The molecule has 0 aromatic heterocycles. The summed E-state index contributed by atoms with van der Waals surface area (Å²) in [7, 11) is 0. The van der Waals surface area contributed by atoms with Gasteiger partial charge in [-0.1, -0.05) is 61.7 Å². The summed E-state index contributed by atoms with van der Waals surface area (Å²) in [6.07, 6.45) is 5.13. The Morgan fingerprint density at radius 2 is 1.69 bits per heavy atom. The van der Waals surface area contributed by atoms with Crippen LogP contribution in [0.4, 0.5) is 0 Å². The van der Waals surface area contributed by atoms with E-state index in [0.29, 0.717) is 17.4 Å². The standard InChI is InChI=1S/C27H31N3O2/c28-15-19-11-13-20(14-12-19)16-30-17-23-24(18-30)25(23)29-26(31)27(32,21-7-3-1-4-8-21)22-9-5-2-6-10-22/h1,3-4,7-8,11-14,22-25,32H,2,5-6,9-10,16-18H2,(H,29,31)/t23-,24?,25?,27?/m0/s1. The second kappa shape index (κ2) is 8.69. The van der Waals surface area contributed by atoms with Gasteiger partial charge in [0.25, 0.3) is 5.91 Å². The number of rotatable bonds is 6. The van der Waals surface area contributed by atoms with Crippen LogP contribution in [-0.2, 0) is 16.9 Å². The zero-order valence-electron chi connectivity index (χ0n) is 18.4. The van der Waals surface area contributed by atoms with Crippen molar-refractivity contribution in [1.82, 2.24) is 10.2 Å². The smallest absolute Gasteiger partial charge is 0.257 e. The van der Waals surface area contributed by atoms with Crippen LogP contribution < -0.4 is 5.32 Å². The van der Waals surface area contributed by atoms with E-state index in [4.69, 9.17) is 5.26 Å². The highest BCUT2D eigenvalue weighted by atomic mass is 16.3. The molecule has 2 N–H and O–H groups in total. The van der Waals surface area contributed by atoms with Crippen LogP contribution in [0.5, 0.6) is 0 Å². The minimum atomic E-state index is -1.44. The highest BCUT2D eigenvalue weighted by Crippen LogP contribution is 2.47. The number of carbonyl (C=O) groups excluding carboxylic acids is 1. The van der Waals surface area contributed by atoms with E-state index in [9.17, 15) is 9.90 Å². The van der Waals surface area contributed by atoms with Crippen molar-refractivity contribution in [2.75, 3.05) is 13.1 Å². The number of piperidine rings is 1. The van der Waals surface area contributed by atoms with Gasteiger partial charge in [-0.3, -0.25) is 9.69 Å². The van der Waals surface area contributed by atoms with Gasteiger partial charge < -0.3 is 10.4 Å². The lowest BCUT2D eigenvalue weighted by Crippen LogP contribution is -2.51. The van der Waals surface area contributed by atoms with Gasteiger partial charge in [0.05, 0.1) is 11.6 Å². The molecule has 4 atom stereocenters. The molecule has 1 amide bonds. The maximum atomic E-state index is 13.5.